The number of nitrogens with one attached hydrogen (secondary N) is 1. The summed E-state index contributed by atoms with van der Waals surface area (Å²) in [7, 11) is 0. The van der Waals surface area contributed by atoms with Gasteiger partial charge in [0.2, 0.25) is 0 Å². The second-order valence-electron chi connectivity index (χ2n) is 6.25. The number of aromatic nitrogens is 2. The molecule has 2 aromatic heterocycles. The lowest BCUT2D eigenvalue weighted by Crippen LogP contribution is -2.22. The molecule has 0 fully saturated rings. The molecule has 1 aliphatic heterocycles. The van der Waals surface area contributed by atoms with Gasteiger partial charge in [-0.05, 0) is 36.2 Å². The average Bonchev–Trinajstić information content (AvgIpc) is 3.10. The second kappa shape index (κ2) is 7.06. The van der Waals surface area contributed by atoms with Crippen molar-refractivity contribution in [1.29, 1.82) is 5.26 Å². The van der Waals surface area contributed by atoms with Gasteiger partial charge in [-0.15, -0.1) is 0 Å². The maximum atomic E-state index is 9.11. The van der Waals surface area contributed by atoms with Gasteiger partial charge in [-0.25, -0.2) is 4.98 Å². The van der Waals surface area contributed by atoms with Gasteiger partial charge in [-0.3, -0.25) is 0 Å². The molecule has 0 amide bonds. The second-order valence-corrected chi connectivity index (χ2v) is 6.25. The lowest BCUT2D eigenvalue weighted by Gasteiger charge is -2.22. The molecule has 0 saturated carbocycles. The Labute approximate surface area is 152 Å². The normalized spacial score (nSPS) is 14.2. The first-order valence-electron chi connectivity index (χ1n) is 8.77. The highest BCUT2D eigenvalue weighted by atomic mass is 16.6. The van der Waals surface area contributed by atoms with E-state index in [2.05, 4.69) is 35.4 Å². The zero-order valence-corrected chi connectivity index (χ0v) is 14.6. The van der Waals surface area contributed by atoms with Gasteiger partial charge in [-0.1, -0.05) is 13.0 Å². The number of rotatable bonds is 5. The topological polar surface area (TPSA) is 71.6 Å². The highest BCUT2D eigenvalue weighted by molar-refractivity contribution is 5.45. The van der Waals surface area contributed by atoms with E-state index in [4.69, 9.17) is 14.7 Å². The Morgan fingerprint density at radius 3 is 2.88 bits per heavy atom. The Morgan fingerprint density at radius 1 is 1.23 bits per heavy atom. The van der Waals surface area contributed by atoms with Gasteiger partial charge in [-0.2, -0.15) is 5.26 Å². The maximum Gasteiger partial charge on any atom is 0.161 e. The van der Waals surface area contributed by atoms with Gasteiger partial charge in [0.25, 0.3) is 0 Å². The largest absolute Gasteiger partial charge is 0.486 e. The van der Waals surface area contributed by atoms with Crippen molar-refractivity contribution >= 4 is 5.65 Å². The van der Waals surface area contributed by atoms with Crippen LogP contribution in [0.15, 0.2) is 42.7 Å². The van der Waals surface area contributed by atoms with Crippen LogP contribution in [0.1, 0.15) is 36.2 Å². The monoisotopic (exact) mass is 348 g/mol. The summed E-state index contributed by atoms with van der Waals surface area (Å²) in [5.41, 5.74) is 3.65. The summed E-state index contributed by atoms with van der Waals surface area (Å²) in [6, 6.07) is 12.1. The molecule has 6 heteroatoms. The zero-order valence-electron chi connectivity index (χ0n) is 14.6. The third-order valence-electron chi connectivity index (χ3n) is 4.62. The molecule has 1 atom stereocenters. The highest BCUT2D eigenvalue weighted by Gasteiger charge is 2.16. The molecule has 1 unspecified atom stereocenters. The van der Waals surface area contributed by atoms with Gasteiger partial charge in [0.05, 0.1) is 17.5 Å². The molecule has 0 aliphatic carbocycles. The fourth-order valence-electron chi connectivity index (χ4n) is 3.23. The minimum Gasteiger partial charge on any atom is -0.486 e. The number of imidazole rings is 1. The number of nitriles is 1. The van der Waals surface area contributed by atoms with E-state index >= 15 is 0 Å². The minimum atomic E-state index is 0.190. The first-order valence-corrected chi connectivity index (χ1v) is 8.77. The number of benzene rings is 1. The number of nitrogens with zero attached hydrogens (tertiary/aromatic N) is 3. The van der Waals surface area contributed by atoms with E-state index in [1.54, 1.807) is 6.07 Å². The van der Waals surface area contributed by atoms with E-state index in [1.807, 2.05) is 28.9 Å². The van der Waals surface area contributed by atoms with Crippen LogP contribution >= 0.6 is 0 Å². The highest BCUT2D eigenvalue weighted by Crippen LogP contribution is 2.33. The molecule has 1 aromatic carbocycles. The van der Waals surface area contributed by atoms with Crippen molar-refractivity contribution < 1.29 is 9.47 Å². The Kier molecular flexibility index (Phi) is 4.46. The van der Waals surface area contributed by atoms with Crippen molar-refractivity contribution in [2.45, 2.75) is 25.9 Å². The standard InChI is InChI=1S/C20H20N4O2/c1-2-17(15-4-5-18-19(9-15)26-8-7-25-18)22-11-16-12-23-20-6-3-14(10-21)13-24(16)20/h3-6,9,12-13,17,22H,2,7-8,11H2,1H3. The van der Waals surface area contributed by atoms with Crippen molar-refractivity contribution in [2.24, 2.45) is 0 Å². The lowest BCUT2D eigenvalue weighted by molar-refractivity contribution is 0.171. The predicted octanol–water partition coefficient (Wildman–Crippen LogP) is 3.22. The van der Waals surface area contributed by atoms with Crippen molar-refractivity contribution in [1.82, 2.24) is 14.7 Å². The van der Waals surface area contributed by atoms with E-state index in [9.17, 15) is 0 Å². The zero-order chi connectivity index (χ0) is 17.9. The van der Waals surface area contributed by atoms with Crippen LogP contribution < -0.4 is 14.8 Å². The SMILES string of the molecule is CCC(NCc1cnc2ccc(C#N)cn12)c1ccc2c(c1)OCCO2. The molecule has 26 heavy (non-hydrogen) atoms. The van der Waals surface area contributed by atoms with Crippen molar-refractivity contribution in [3.05, 3.63) is 59.5 Å². The molecule has 132 valence electrons. The molecule has 3 heterocycles. The summed E-state index contributed by atoms with van der Waals surface area (Å²) >= 11 is 0. The van der Waals surface area contributed by atoms with E-state index in [1.165, 1.54) is 5.56 Å². The van der Waals surface area contributed by atoms with Crippen LogP contribution in [0.2, 0.25) is 0 Å². The third kappa shape index (κ3) is 3.09. The van der Waals surface area contributed by atoms with E-state index in [-0.39, 0.29) is 6.04 Å². The third-order valence-corrected chi connectivity index (χ3v) is 4.62. The summed E-state index contributed by atoms with van der Waals surface area (Å²) in [6.45, 7) is 3.99. The molecule has 1 aliphatic rings. The fourth-order valence-corrected chi connectivity index (χ4v) is 3.23. The van der Waals surface area contributed by atoms with Gasteiger partial charge in [0.15, 0.2) is 11.5 Å². The van der Waals surface area contributed by atoms with Crippen molar-refractivity contribution in [3.63, 3.8) is 0 Å². The first kappa shape index (κ1) is 16.4. The summed E-state index contributed by atoms with van der Waals surface area (Å²) < 4.78 is 13.3. The van der Waals surface area contributed by atoms with Crippen LogP contribution in [0.5, 0.6) is 11.5 Å². The number of fused-ring (bicyclic) bond motifs is 2. The van der Waals surface area contributed by atoms with Crippen LogP contribution in [0, 0.1) is 11.3 Å². The molecule has 0 radical (unpaired) electrons. The molecular formula is C20H20N4O2. The Bertz CT molecular complexity index is 974. The van der Waals surface area contributed by atoms with E-state index in [0.717, 1.165) is 29.3 Å². The summed E-state index contributed by atoms with van der Waals surface area (Å²) in [5.74, 6) is 1.61. The first-order chi connectivity index (χ1) is 12.8. The number of hydrogen-bond acceptors (Lipinski definition) is 5. The van der Waals surface area contributed by atoms with E-state index < -0.39 is 0 Å². The van der Waals surface area contributed by atoms with Crippen molar-refractivity contribution in [3.8, 4) is 17.6 Å². The van der Waals surface area contributed by atoms with Gasteiger partial charge in [0.1, 0.15) is 24.9 Å². The summed E-state index contributed by atoms with van der Waals surface area (Å²) in [4.78, 5) is 4.41. The Hall–Kier alpha value is -3.04. The number of hydrogen-bond donors (Lipinski definition) is 1. The number of pyridine rings is 1. The van der Waals surface area contributed by atoms with Gasteiger partial charge >= 0.3 is 0 Å². The minimum absolute atomic E-state index is 0.190. The van der Waals surface area contributed by atoms with Crippen molar-refractivity contribution in [2.75, 3.05) is 13.2 Å². The molecule has 1 N–H and O–H groups in total. The van der Waals surface area contributed by atoms with Crippen LogP contribution in [0.3, 0.4) is 0 Å². The van der Waals surface area contributed by atoms with E-state index in [0.29, 0.717) is 25.3 Å². The summed E-state index contributed by atoms with van der Waals surface area (Å²) in [5, 5.41) is 12.7. The Balaban J connectivity index is 1.53. The smallest absolute Gasteiger partial charge is 0.161 e. The quantitative estimate of drug-likeness (QED) is 0.766. The fraction of sp³-hybridized carbons (Fsp3) is 0.300. The average molecular weight is 348 g/mol. The molecule has 0 saturated heterocycles. The van der Waals surface area contributed by atoms with Crippen LogP contribution in [0.4, 0.5) is 0 Å². The Morgan fingerprint density at radius 2 is 2.08 bits per heavy atom. The van der Waals surface area contributed by atoms with Gasteiger partial charge in [0, 0.05) is 18.8 Å². The summed E-state index contributed by atoms with van der Waals surface area (Å²) in [6.07, 6.45) is 4.62. The van der Waals surface area contributed by atoms with Crippen LogP contribution in [-0.4, -0.2) is 22.6 Å². The van der Waals surface area contributed by atoms with Gasteiger partial charge < -0.3 is 19.2 Å². The molecule has 0 bridgehead atoms. The molecule has 4 rings (SSSR count). The molecule has 6 nitrogen and oxygen atoms in total. The predicted molar refractivity (Wildman–Crippen MR) is 97.2 cm³/mol. The molecule has 3 aromatic rings. The lowest BCUT2D eigenvalue weighted by atomic mass is 10.0. The molecular weight excluding hydrogens is 328 g/mol. The van der Waals surface area contributed by atoms with Crippen LogP contribution in [0.25, 0.3) is 5.65 Å². The molecule has 0 spiro atoms. The maximum absolute atomic E-state index is 9.11. The van der Waals surface area contributed by atoms with Crippen LogP contribution in [-0.2, 0) is 6.54 Å². The number of ether oxygens (including phenoxy) is 2.